The van der Waals surface area contributed by atoms with Gasteiger partial charge in [-0.2, -0.15) is 0 Å². The molecule has 1 aromatic rings. The van der Waals surface area contributed by atoms with Crippen molar-refractivity contribution in [3.63, 3.8) is 0 Å². The van der Waals surface area contributed by atoms with E-state index >= 15 is 0 Å². The molecule has 0 aliphatic carbocycles. The minimum absolute atomic E-state index is 0.227. The molecular formula is C9H10BrN3O2. The Labute approximate surface area is 95.4 Å². The molecule has 0 heterocycles. The molecule has 1 unspecified atom stereocenters. The highest BCUT2D eigenvalue weighted by atomic mass is 79.9. The first-order valence-corrected chi connectivity index (χ1v) is 5.00. The van der Waals surface area contributed by atoms with Crippen LogP contribution in [0.2, 0.25) is 0 Å². The predicted molar refractivity (Wildman–Crippen MR) is 59.7 cm³/mol. The SMILES string of the molecule is COc1ccc(C(CO)N=[N+]=[N-])c(Br)c1. The summed E-state index contributed by atoms with van der Waals surface area (Å²) < 4.78 is 5.77. The minimum atomic E-state index is -0.574. The molecule has 0 bridgehead atoms. The summed E-state index contributed by atoms with van der Waals surface area (Å²) in [6.45, 7) is -0.227. The van der Waals surface area contributed by atoms with E-state index in [9.17, 15) is 0 Å². The summed E-state index contributed by atoms with van der Waals surface area (Å²) in [6, 6.07) is 4.68. The summed E-state index contributed by atoms with van der Waals surface area (Å²) in [6.07, 6.45) is 0. The van der Waals surface area contributed by atoms with Crippen LogP contribution in [-0.4, -0.2) is 18.8 Å². The number of methoxy groups -OCH3 is 1. The lowest BCUT2D eigenvalue weighted by Crippen LogP contribution is -2.01. The number of nitrogens with zero attached hydrogens (tertiary/aromatic N) is 3. The third kappa shape index (κ3) is 2.86. The Morgan fingerprint density at radius 3 is 2.87 bits per heavy atom. The number of hydrogen-bond donors (Lipinski definition) is 1. The molecule has 0 aliphatic heterocycles. The van der Waals surface area contributed by atoms with E-state index < -0.39 is 6.04 Å². The van der Waals surface area contributed by atoms with Crippen molar-refractivity contribution in [2.45, 2.75) is 6.04 Å². The van der Waals surface area contributed by atoms with Crippen LogP contribution >= 0.6 is 15.9 Å². The number of azide groups is 1. The second-order valence-electron chi connectivity index (χ2n) is 2.79. The first-order chi connectivity index (χ1) is 7.22. The fourth-order valence-corrected chi connectivity index (χ4v) is 1.79. The molecule has 80 valence electrons. The van der Waals surface area contributed by atoms with Crippen molar-refractivity contribution < 1.29 is 9.84 Å². The number of halogens is 1. The van der Waals surface area contributed by atoms with Crippen molar-refractivity contribution in [3.8, 4) is 5.75 Å². The summed E-state index contributed by atoms with van der Waals surface area (Å²) in [5.74, 6) is 0.697. The predicted octanol–water partition coefficient (Wildman–Crippen LogP) is 2.80. The number of ether oxygens (including phenoxy) is 1. The zero-order valence-electron chi connectivity index (χ0n) is 8.09. The largest absolute Gasteiger partial charge is 0.497 e. The summed E-state index contributed by atoms with van der Waals surface area (Å²) >= 11 is 3.32. The zero-order chi connectivity index (χ0) is 11.3. The van der Waals surface area contributed by atoms with Gasteiger partial charge in [0.05, 0.1) is 19.8 Å². The van der Waals surface area contributed by atoms with Crippen molar-refractivity contribution in [2.75, 3.05) is 13.7 Å². The van der Waals surface area contributed by atoms with E-state index in [4.69, 9.17) is 15.4 Å². The highest BCUT2D eigenvalue weighted by molar-refractivity contribution is 9.10. The second kappa shape index (κ2) is 5.60. The van der Waals surface area contributed by atoms with Crippen LogP contribution in [-0.2, 0) is 0 Å². The van der Waals surface area contributed by atoms with Gasteiger partial charge in [-0.05, 0) is 23.2 Å². The van der Waals surface area contributed by atoms with Crippen LogP contribution in [0.15, 0.2) is 27.8 Å². The van der Waals surface area contributed by atoms with Gasteiger partial charge in [0.2, 0.25) is 0 Å². The lowest BCUT2D eigenvalue weighted by molar-refractivity contribution is 0.267. The molecule has 1 atom stereocenters. The smallest absolute Gasteiger partial charge is 0.120 e. The molecule has 5 nitrogen and oxygen atoms in total. The van der Waals surface area contributed by atoms with Gasteiger partial charge >= 0.3 is 0 Å². The number of hydrogen-bond acceptors (Lipinski definition) is 3. The van der Waals surface area contributed by atoms with E-state index in [0.717, 1.165) is 10.0 Å². The monoisotopic (exact) mass is 271 g/mol. The summed E-state index contributed by atoms with van der Waals surface area (Å²) in [7, 11) is 1.57. The Kier molecular flexibility index (Phi) is 4.42. The Morgan fingerprint density at radius 2 is 2.40 bits per heavy atom. The number of aliphatic hydroxyl groups excluding tert-OH is 1. The van der Waals surface area contributed by atoms with Gasteiger partial charge in [0, 0.05) is 9.38 Å². The molecule has 1 rings (SSSR count). The van der Waals surface area contributed by atoms with Gasteiger partial charge in [0.1, 0.15) is 5.75 Å². The Morgan fingerprint density at radius 1 is 1.67 bits per heavy atom. The van der Waals surface area contributed by atoms with E-state index in [-0.39, 0.29) is 6.61 Å². The standard InChI is InChI=1S/C9H10BrN3O2/c1-15-6-2-3-7(8(10)4-6)9(5-14)12-13-11/h2-4,9,14H,5H2,1H3. The quantitative estimate of drug-likeness (QED) is 0.519. The van der Waals surface area contributed by atoms with Gasteiger partial charge in [0.15, 0.2) is 0 Å². The van der Waals surface area contributed by atoms with E-state index in [1.54, 1.807) is 25.3 Å². The lowest BCUT2D eigenvalue weighted by atomic mass is 10.1. The highest BCUT2D eigenvalue weighted by Crippen LogP contribution is 2.29. The maximum atomic E-state index is 9.04. The second-order valence-corrected chi connectivity index (χ2v) is 3.65. The molecule has 15 heavy (non-hydrogen) atoms. The van der Waals surface area contributed by atoms with Crippen molar-refractivity contribution in [1.82, 2.24) is 0 Å². The Hall–Kier alpha value is -1.23. The first-order valence-electron chi connectivity index (χ1n) is 4.21. The van der Waals surface area contributed by atoms with Gasteiger partial charge in [0.25, 0.3) is 0 Å². The van der Waals surface area contributed by atoms with Crippen LogP contribution in [0.1, 0.15) is 11.6 Å². The van der Waals surface area contributed by atoms with Crippen LogP contribution in [0, 0.1) is 0 Å². The van der Waals surface area contributed by atoms with Gasteiger partial charge < -0.3 is 9.84 Å². The molecule has 0 radical (unpaired) electrons. The third-order valence-corrected chi connectivity index (χ3v) is 2.62. The van der Waals surface area contributed by atoms with Gasteiger partial charge in [-0.15, -0.1) is 0 Å². The molecule has 1 N–H and O–H groups in total. The first kappa shape index (κ1) is 11.8. The minimum Gasteiger partial charge on any atom is -0.497 e. The van der Waals surface area contributed by atoms with Crippen LogP contribution in [0.5, 0.6) is 5.75 Å². The van der Waals surface area contributed by atoms with Gasteiger partial charge in [-0.25, -0.2) is 0 Å². The molecule has 0 spiro atoms. The maximum Gasteiger partial charge on any atom is 0.120 e. The molecule has 0 amide bonds. The van der Waals surface area contributed by atoms with Gasteiger partial charge in [-0.1, -0.05) is 27.1 Å². The highest BCUT2D eigenvalue weighted by Gasteiger charge is 2.12. The molecular weight excluding hydrogens is 262 g/mol. The van der Waals surface area contributed by atoms with E-state index in [1.807, 2.05) is 0 Å². The molecule has 6 heteroatoms. The normalized spacial score (nSPS) is 11.7. The van der Waals surface area contributed by atoms with Crippen molar-refractivity contribution >= 4 is 15.9 Å². The zero-order valence-corrected chi connectivity index (χ0v) is 9.68. The average Bonchev–Trinajstić information content (AvgIpc) is 2.26. The molecule has 0 aliphatic rings. The average molecular weight is 272 g/mol. The number of rotatable bonds is 4. The van der Waals surface area contributed by atoms with Crippen LogP contribution in [0.4, 0.5) is 0 Å². The molecule has 0 saturated heterocycles. The Balaban J connectivity index is 3.08. The lowest BCUT2D eigenvalue weighted by Gasteiger charge is -2.11. The Bertz CT molecular complexity index is 391. The van der Waals surface area contributed by atoms with E-state index in [0.29, 0.717) is 5.75 Å². The molecule has 0 saturated carbocycles. The fourth-order valence-electron chi connectivity index (χ4n) is 1.16. The van der Waals surface area contributed by atoms with Crippen LogP contribution in [0.3, 0.4) is 0 Å². The van der Waals surface area contributed by atoms with Crippen molar-refractivity contribution in [1.29, 1.82) is 0 Å². The number of aliphatic hydroxyl groups is 1. The molecule has 0 aromatic heterocycles. The molecule has 1 aromatic carbocycles. The van der Waals surface area contributed by atoms with E-state index in [2.05, 4.69) is 26.0 Å². The van der Waals surface area contributed by atoms with E-state index in [1.165, 1.54) is 0 Å². The summed E-state index contributed by atoms with van der Waals surface area (Å²) in [5.41, 5.74) is 9.06. The van der Waals surface area contributed by atoms with Crippen molar-refractivity contribution in [3.05, 3.63) is 38.7 Å². The maximum absolute atomic E-state index is 9.04. The fraction of sp³-hybridized carbons (Fsp3) is 0.333. The third-order valence-electron chi connectivity index (χ3n) is 1.93. The topological polar surface area (TPSA) is 78.2 Å². The van der Waals surface area contributed by atoms with Crippen LogP contribution < -0.4 is 4.74 Å². The molecule has 0 fully saturated rings. The van der Waals surface area contributed by atoms with Gasteiger partial charge in [-0.3, -0.25) is 0 Å². The summed E-state index contributed by atoms with van der Waals surface area (Å²) in [5, 5.41) is 12.5. The van der Waals surface area contributed by atoms with Crippen LogP contribution in [0.25, 0.3) is 10.4 Å². The number of benzene rings is 1. The van der Waals surface area contributed by atoms with Crippen molar-refractivity contribution in [2.24, 2.45) is 5.11 Å². The summed E-state index contributed by atoms with van der Waals surface area (Å²) in [4.78, 5) is 2.68.